The van der Waals surface area contributed by atoms with Crippen molar-refractivity contribution in [3.63, 3.8) is 0 Å². The van der Waals surface area contributed by atoms with Gasteiger partial charge in [-0.1, -0.05) is 115 Å². The molecular formula is C46H26N4. The van der Waals surface area contributed by atoms with Crippen molar-refractivity contribution in [1.82, 2.24) is 18.9 Å². The van der Waals surface area contributed by atoms with Crippen LogP contribution in [0.3, 0.4) is 0 Å². The summed E-state index contributed by atoms with van der Waals surface area (Å²) < 4.78 is 4.62. The van der Waals surface area contributed by atoms with Crippen molar-refractivity contribution in [3.8, 4) is 17.1 Å². The Hall–Kier alpha value is -6.78. The molecule has 3 heterocycles. The van der Waals surface area contributed by atoms with Crippen LogP contribution in [0.5, 0.6) is 0 Å². The number of fused-ring (bicyclic) bond motifs is 10. The van der Waals surface area contributed by atoms with E-state index in [2.05, 4.69) is 167 Å². The highest BCUT2D eigenvalue weighted by molar-refractivity contribution is 6.29. The number of aromatic nitrogens is 4. The van der Waals surface area contributed by atoms with Crippen molar-refractivity contribution in [2.75, 3.05) is 0 Å². The zero-order valence-corrected chi connectivity index (χ0v) is 26.8. The predicted octanol–water partition coefficient (Wildman–Crippen LogP) is 11.9. The van der Waals surface area contributed by atoms with Crippen LogP contribution >= 0.6 is 0 Å². The normalized spacial score (nSPS) is 12.4. The van der Waals surface area contributed by atoms with Crippen LogP contribution in [0.25, 0.3) is 110 Å². The molecule has 0 saturated heterocycles. The van der Waals surface area contributed by atoms with E-state index >= 15 is 0 Å². The lowest BCUT2D eigenvalue weighted by Gasteiger charge is -2.17. The second-order valence-corrected chi connectivity index (χ2v) is 13.4. The van der Waals surface area contributed by atoms with Crippen molar-refractivity contribution in [2.45, 2.75) is 0 Å². The van der Waals surface area contributed by atoms with Crippen LogP contribution in [-0.2, 0) is 0 Å². The van der Waals surface area contributed by atoms with E-state index in [1.165, 1.54) is 65.0 Å². The molecular weight excluding hydrogens is 609 g/mol. The van der Waals surface area contributed by atoms with Gasteiger partial charge in [0.05, 0.1) is 27.6 Å². The average Bonchev–Trinajstić information content (AvgIpc) is 3.73. The molecule has 50 heavy (non-hydrogen) atoms. The molecule has 0 saturated carbocycles. The number of nitrogens with zero attached hydrogens (tertiary/aromatic N) is 4. The van der Waals surface area contributed by atoms with Gasteiger partial charge in [-0.25, -0.2) is 9.97 Å². The summed E-state index contributed by atoms with van der Waals surface area (Å²) in [5, 5.41) is 13.6. The molecule has 3 aromatic heterocycles. The minimum absolute atomic E-state index is 0.832. The van der Waals surface area contributed by atoms with E-state index in [9.17, 15) is 0 Å². The van der Waals surface area contributed by atoms with Crippen LogP contribution in [0.1, 0.15) is 0 Å². The number of rotatable bonds is 2. The first-order valence-corrected chi connectivity index (χ1v) is 17.1. The van der Waals surface area contributed by atoms with Crippen molar-refractivity contribution in [2.24, 2.45) is 0 Å². The minimum Gasteiger partial charge on any atom is -0.278 e. The Kier molecular flexibility index (Phi) is 4.94. The first kappa shape index (κ1) is 26.2. The fraction of sp³-hybridized carbons (Fsp3) is 0. The summed E-state index contributed by atoms with van der Waals surface area (Å²) >= 11 is 0. The molecule has 0 radical (unpaired) electrons. The Morgan fingerprint density at radius 3 is 1.86 bits per heavy atom. The monoisotopic (exact) mass is 634 g/mol. The van der Waals surface area contributed by atoms with Gasteiger partial charge in [-0.3, -0.25) is 8.97 Å². The number of hydrogen-bond donors (Lipinski definition) is 0. The smallest absolute Gasteiger partial charge is 0.221 e. The maximum Gasteiger partial charge on any atom is 0.221 e. The van der Waals surface area contributed by atoms with Gasteiger partial charge in [-0.15, -0.1) is 0 Å². The molecule has 9 aromatic carbocycles. The summed E-state index contributed by atoms with van der Waals surface area (Å²) in [7, 11) is 0. The Morgan fingerprint density at radius 1 is 0.380 bits per heavy atom. The van der Waals surface area contributed by atoms with Crippen molar-refractivity contribution in [3.05, 3.63) is 158 Å². The molecule has 230 valence electrons. The lowest BCUT2D eigenvalue weighted by Crippen LogP contribution is -2.06. The number of hydrogen-bond acceptors (Lipinski definition) is 2. The first-order chi connectivity index (χ1) is 24.8. The predicted molar refractivity (Wildman–Crippen MR) is 209 cm³/mol. The Bertz CT molecular complexity index is 3380. The van der Waals surface area contributed by atoms with E-state index in [0.29, 0.717) is 0 Å². The molecule has 0 aliphatic rings. The van der Waals surface area contributed by atoms with Crippen LogP contribution in [-0.4, -0.2) is 18.9 Å². The van der Waals surface area contributed by atoms with Gasteiger partial charge < -0.3 is 0 Å². The van der Waals surface area contributed by atoms with Crippen molar-refractivity contribution in [1.29, 1.82) is 0 Å². The highest BCUT2D eigenvalue weighted by Gasteiger charge is 2.23. The van der Waals surface area contributed by atoms with Gasteiger partial charge in [-0.2, -0.15) is 0 Å². The second-order valence-electron chi connectivity index (χ2n) is 13.4. The lowest BCUT2D eigenvalue weighted by molar-refractivity contribution is 0.982. The summed E-state index contributed by atoms with van der Waals surface area (Å²) in [5.74, 6) is 0.832. The maximum atomic E-state index is 5.43. The molecule has 0 N–H and O–H groups in total. The lowest BCUT2D eigenvalue weighted by atomic mass is 9.87. The van der Waals surface area contributed by atoms with E-state index in [4.69, 9.17) is 9.97 Å². The first-order valence-electron chi connectivity index (χ1n) is 17.1. The van der Waals surface area contributed by atoms with E-state index in [1.807, 2.05) is 0 Å². The third-order valence-corrected chi connectivity index (χ3v) is 10.8. The topological polar surface area (TPSA) is 35.1 Å². The summed E-state index contributed by atoms with van der Waals surface area (Å²) in [6.45, 7) is 0. The highest BCUT2D eigenvalue weighted by atomic mass is 15.2. The Morgan fingerprint density at radius 2 is 1.00 bits per heavy atom. The van der Waals surface area contributed by atoms with Crippen LogP contribution in [0, 0.1) is 0 Å². The third kappa shape index (κ3) is 3.30. The summed E-state index contributed by atoms with van der Waals surface area (Å²) in [6.07, 6.45) is 0. The highest BCUT2D eigenvalue weighted by Crippen LogP contribution is 2.46. The van der Waals surface area contributed by atoms with E-state index < -0.39 is 0 Å². The number of para-hydroxylation sites is 4. The van der Waals surface area contributed by atoms with Gasteiger partial charge in [0, 0.05) is 21.5 Å². The largest absolute Gasteiger partial charge is 0.278 e. The van der Waals surface area contributed by atoms with Gasteiger partial charge in [-0.05, 0) is 91.3 Å². The molecule has 4 heteroatoms. The van der Waals surface area contributed by atoms with Crippen molar-refractivity contribution < 1.29 is 0 Å². The molecule has 0 spiro atoms. The van der Waals surface area contributed by atoms with Gasteiger partial charge in [0.15, 0.2) is 0 Å². The second kappa shape index (κ2) is 9.43. The summed E-state index contributed by atoms with van der Waals surface area (Å²) in [5.41, 5.74) is 8.57. The number of imidazole rings is 1. The zero-order valence-electron chi connectivity index (χ0n) is 26.8. The van der Waals surface area contributed by atoms with Crippen LogP contribution < -0.4 is 0 Å². The Balaban J connectivity index is 1.28. The molecule has 12 rings (SSSR count). The molecule has 4 nitrogen and oxygen atoms in total. The van der Waals surface area contributed by atoms with Gasteiger partial charge in [0.2, 0.25) is 5.95 Å². The van der Waals surface area contributed by atoms with E-state index in [0.717, 1.165) is 44.6 Å². The summed E-state index contributed by atoms with van der Waals surface area (Å²) in [6, 6.07) is 57.1. The molecule has 0 aliphatic heterocycles. The molecule has 0 atom stereocenters. The van der Waals surface area contributed by atoms with Gasteiger partial charge in [0.25, 0.3) is 0 Å². The van der Waals surface area contributed by atoms with E-state index in [-0.39, 0.29) is 0 Å². The summed E-state index contributed by atoms with van der Waals surface area (Å²) in [4.78, 5) is 10.6. The minimum atomic E-state index is 0.832. The van der Waals surface area contributed by atoms with Crippen LogP contribution in [0.2, 0.25) is 0 Å². The van der Waals surface area contributed by atoms with Crippen molar-refractivity contribution >= 4 is 92.5 Å². The van der Waals surface area contributed by atoms with Crippen LogP contribution in [0.4, 0.5) is 0 Å². The maximum absolute atomic E-state index is 5.43. The van der Waals surface area contributed by atoms with Gasteiger partial charge in [0.1, 0.15) is 5.65 Å². The molecule has 0 aliphatic carbocycles. The number of benzene rings is 9. The van der Waals surface area contributed by atoms with Gasteiger partial charge >= 0.3 is 0 Å². The van der Waals surface area contributed by atoms with Crippen LogP contribution in [0.15, 0.2) is 158 Å². The molecule has 12 aromatic rings. The Labute approximate surface area is 285 Å². The fourth-order valence-electron chi connectivity index (χ4n) is 8.72. The molecule has 0 fully saturated rings. The molecule has 0 unspecified atom stereocenters. The molecule has 0 amide bonds. The quantitative estimate of drug-likeness (QED) is 0.177. The third-order valence-electron chi connectivity index (χ3n) is 10.8. The standard InChI is InChI=1S/C46H26N4/c1-2-16-33-30(14-1)36(35-25-29-13-9-11-27-23-24-28-12-10-18-32(35)43(28)42(27)29)26-37-31-15-4-7-21-40(31)49(44(33)37)46-48-38-19-5-3-17-34(38)45-47-39-20-6-8-22-41(39)50(45)46/h1-26H. The SMILES string of the molecule is c1cc2ccc3cccc4c(-c5cc6c7ccccc7n(-c7nc8ccccc8c8nc9ccccc9n78)c6c6ccccc56)cc(c1)c2c34. The zero-order chi connectivity index (χ0) is 32.5. The average molecular weight is 635 g/mol. The molecule has 0 bridgehead atoms. The van der Waals surface area contributed by atoms with E-state index in [1.54, 1.807) is 0 Å². The fourth-order valence-corrected chi connectivity index (χ4v) is 8.72.